The lowest BCUT2D eigenvalue weighted by atomic mass is 10.1. The van der Waals surface area contributed by atoms with E-state index in [0.29, 0.717) is 35.9 Å². The van der Waals surface area contributed by atoms with Gasteiger partial charge in [-0.1, -0.05) is 36.8 Å². The molecule has 6 nitrogen and oxygen atoms in total. The molecule has 0 fully saturated rings. The number of hydrogen-bond acceptors (Lipinski definition) is 5. The Kier molecular flexibility index (Phi) is 4.78. The fourth-order valence-electron chi connectivity index (χ4n) is 3.22. The molecule has 0 radical (unpaired) electrons. The first-order chi connectivity index (χ1) is 13.2. The van der Waals surface area contributed by atoms with Gasteiger partial charge in [0.25, 0.3) is 11.8 Å². The van der Waals surface area contributed by atoms with Gasteiger partial charge in [-0.15, -0.1) is 10.2 Å². The molecule has 1 aliphatic heterocycles. The number of hydrogen-bond donors (Lipinski definition) is 0. The Balaban J connectivity index is 1.24. The highest BCUT2D eigenvalue weighted by atomic mass is 16.4. The summed E-state index contributed by atoms with van der Waals surface area (Å²) in [7, 11) is 0. The average molecular weight is 361 g/mol. The van der Waals surface area contributed by atoms with Crippen molar-refractivity contribution < 1.29 is 14.0 Å². The van der Waals surface area contributed by atoms with E-state index in [2.05, 4.69) is 10.2 Å². The van der Waals surface area contributed by atoms with Crippen LogP contribution in [0, 0.1) is 0 Å². The van der Waals surface area contributed by atoms with Crippen LogP contribution in [0.25, 0.3) is 11.5 Å². The van der Waals surface area contributed by atoms with Crippen LogP contribution in [-0.2, 0) is 6.42 Å². The third kappa shape index (κ3) is 3.51. The first-order valence-electron chi connectivity index (χ1n) is 9.07. The van der Waals surface area contributed by atoms with E-state index in [1.165, 1.54) is 4.90 Å². The van der Waals surface area contributed by atoms with Crippen molar-refractivity contribution in [3.05, 3.63) is 71.6 Å². The maximum atomic E-state index is 12.3. The molecule has 3 aromatic rings. The quantitative estimate of drug-likeness (QED) is 0.473. The van der Waals surface area contributed by atoms with Gasteiger partial charge >= 0.3 is 0 Å². The number of aromatic nitrogens is 2. The number of imide groups is 1. The predicted molar refractivity (Wildman–Crippen MR) is 99.1 cm³/mol. The summed E-state index contributed by atoms with van der Waals surface area (Å²) in [5.74, 6) is 0.742. The second-order valence-corrected chi connectivity index (χ2v) is 6.49. The SMILES string of the molecule is O=C1c2ccccc2C(=O)N1CCCCCc1nnc(-c2ccccc2)o1. The standard InChI is InChI=1S/C21H19N3O3/c25-20-16-11-6-7-12-17(16)21(26)24(20)14-8-2-5-13-18-22-23-19(27-18)15-9-3-1-4-10-15/h1,3-4,6-7,9-12H,2,5,8,13-14H2. The number of aryl methyl sites for hydroxylation is 1. The molecule has 2 aromatic carbocycles. The molecule has 6 heteroatoms. The molecular weight excluding hydrogens is 342 g/mol. The highest BCUT2D eigenvalue weighted by molar-refractivity contribution is 6.21. The molecule has 0 aliphatic carbocycles. The Bertz CT molecular complexity index is 931. The Morgan fingerprint density at radius 3 is 2.15 bits per heavy atom. The fraction of sp³-hybridized carbons (Fsp3) is 0.238. The minimum absolute atomic E-state index is 0.194. The zero-order valence-corrected chi connectivity index (χ0v) is 14.8. The third-order valence-electron chi connectivity index (χ3n) is 4.64. The number of unbranched alkanes of at least 4 members (excludes halogenated alkanes) is 2. The van der Waals surface area contributed by atoms with Gasteiger partial charge in [-0.2, -0.15) is 0 Å². The Morgan fingerprint density at radius 1 is 0.778 bits per heavy atom. The first-order valence-corrected chi connectivity index (χ1v) is 9.07. The van der Waals surface area contributed by atoms with Gasteiger partial charge in [0.1, 0.15) is 0 Å². The number of amides is 2. The van der Waals surface area contributed by atoms with Gasteiger partial charge in [-0.05, 0) is 37.1 Å². The van der Waals surface area contributed by atoms with Crippen LogP contribution in [0.5, 0.6) is 0 Å². The van der Waals surface area contributed by atoms with E-state index < -0.39 is 0 Å². The summed E-state index contributed by atoms with van der Waals surface area (Å²) in [5.41, 5.74) is 1.91. The molecule has 0 spiro atoms. The van der Waals surface area contributed by atoms with Crippen LogP contribution in [0.15, 0.2) is 59.0 Å². The molecule has 0 bridgehead atoms. The summed E-state index contributed by atoms with van der Waals surface area (Å²) < 4.78 is 5.69. The zero-order valence-electron chi connectivity index (χ0n) is 14.8. The van der Waals surface area contributed by atoms with Crippen molar-refractivity contribution in [1.82, 2.24) is 15.1 Å². The van der Waals surface area contributed by atoms with Crippen molar-refractivity contribution in [3.8, 4) is 11.5 Å². The first kappa shape index (κ1) is 17.1. The van der Waals surface area contributed by atoms with E-state index in [0.717, 1.165) is 24.8 Å². The fourth-order valence-corrected chi connectivity index (χ4v) is 3.22. The number of rotatable bonds is 7. The predicted octanol–water partition coefficient (Wildman–Crippen LogP) is 3.75. The lowest BCUT2D eigenvalue weighted by Crippen LogP contribution is -2.30. The lowest BCUT2D eigenvalue weighted by molar-refractivity contribution is 0.0651. The minimum atomic E-state index is -0.194. The Morgan fingerprint density at radius 2 is 1.44 bits per heavy atom. The van der Waals surface area contributed by atoms with Crippen LogP contribution in [0.2, 0.25) is 0 Å². The molecule has 27 heavy (non-hydrogen) atoms. The molecule has 0 atom stereocenters. The second-order valence-electron chi connectivity index (χ2n) is 6.49. The maximum absolute atomic E-state index is 12.3. The largest absolute Gasteiger partial charge is 0.421 e. The van der Waals surface area contributed by atoms with Gasteiger partial charge < -0.3 is 4.42 Å². The molecule has 0 saturated carbocycles. The number of nitrogens with zero attached hydrogens (tertiary/aromatic N) is 3. The average Bonchev–Trinajstić information content (AvgIpc) is 3.27. The monoisotopic (exact) mass is 361 g/mol. The van der Waals surface area contributed by atoms with Crippen LogP contribution in [-0.4, -0.2) is 33.5 Å². The van der Waals surface area contributed by atoms with E-state index in [9.17, 15) is 9.59 Å². The van der Waals surface area contributed by atoms with Crippen molar-refractivity contribution in [2.75, 3.05) is 6.54 Å². The molecular formula is C21H19N3O3. The van der Waals surface area contributed by atoms with Crippen LogP contribution < -0.4 is 0 Å². The number of benzene rings is 2. The van der Waals surface area contributed by atoms with Gasteiger partial charge in [-0.3, -0.25) is 14.5 Å². The molecule has 0 N–H and O–H groups in total. The van der Waals surface area contributed by atoms with E-state index >= 15 is 0 Å². The molecule has 0 saturated heterocycles. The van der Waals surface area contributed by atoms with Gasteiger partial charge in [0, 0.05) is 18.5 Å². The van der Waals surface area contributed by atoms with Gasteiger partial charge in [0.2, 0.25) is 11.8 Å². The Labute approximate surface area is 156 Å². The lowest BCUT2D eigenvalue weighted by Gasteiger charge is -2.13. The number of fused-ring (bicyclic) bond motifs is 1. The van der Waals surface area contributed by atoms with Gasteiger partial charge in [0.05, 0.1) is 11.1 Å². The molecule has 1 aromatic heterocycles. The van der Waals surface area contributed by atoms with Crippen molar-refractivity contribution in [2.45, 2.75) is 25.7 Å². The van der Waals surface area contributed by atoms with Crippen molar-refractivity contribution in [3.63, 3.8) is 0 Å². The number of carbonyl (C=O) groups is 2. The second kappa shape index (κ2) is 7.53. The Hall–Kier alpha value is -3.28. The van der Waals surface area contributed by atoms with Crippen molar-refractivity contribution in [1.29, 1.82) is 0 Å². The van der Waals surface area contributed by atoms with Gasteiger partial charge in [0.15, 0.2) is 0 Å². The maximum Gasteiger partial charge on any atom is 0.261 e. The number of carbonyl (C=O) groups excluding carboxylic acids is 2. The summed E-state index contributed by atoms with van der Waals surface area (Å²) in [6, 6.07) is 16.6. The molecule has 2 amide bonds. The van der Waals surface area contributed by atoms with Crippen molar-refractivity contribution >= 4 is 11.8 Å². The van der Waals surface area contributed by atoms with Crippen LogP contribution in [0.3, 0.4) is 0 Å². The highest BCUT2D eigenvalue weighted by Gasteiger charge is 2.34. The normalized spacial score (nSPS) is 13.3. The van der Waals surface area contributed by atoms with Crippen LogP contribution in [0.4, 0.5) is 0 Å². The topological polar surface area (TPSA) is 76.3 Å². The molecule has 1 aliphatic rings. The van der Waals surface area contributed by atoms with E-state index in [4.69, 9.17) is 4.42 Å². The highest BCUT2D eigenvalue weighted by Crippen LogP contribution is 2.23. The molecule has 136 valence electrons. The summed E-state index contributed by atoms with van der Waals surface area (Å²) in [5, 5.41) is 8.16. The van der Waals surface area contributed by atoms with E-state index in [1.54, 1.807) is 24.3 Å². The summed E-state index contributed by atoms with van der Waals surface area (Å²) >= 11 is 0. The smallest absolute Gasteiger partial charge is 0.261 e. The third-order valence-corrected chi connectivity index (χ3v) is 4.64. The van der Waals surface area contributed by atoms with E-state index in [1.807, 2.05) is 30.3 Å². The van der Waals surface area contributed by atoms with Crippen molar-refractivity contribution in [2.24, 2.45) is 0 Å². The van der Waals surface area contributed by atoms with E-state index in [-0.39, 0.29) is 11.8 Å². The zero-order chi connectivity index (χ0) is 18.6. The molecule has 4 rings (SSSR count). The molecule has 2 heterocycles. The molecule has 0 unspecified atom stereocenters. The van der Waals surface area contributed by atoms with Crippen LogP contribution >= 0.6 is 0 Å². The summed E-state index contributed by atoms with van der Waals surface area (Å²) in [6.45, 7) is 0.436. The minimum Gasteiger partial charge on any atom is -0.421 e. The van der Waals surface area contributed by atoms with Gasteiger partial charge in [-0.25, -0.2) is 0 Å². The summed E-state index contributed by atoms with van der Waals surface area (Å²) in [4.78, 5) is 25.9. The van der Waals surface area contributed by atoms with Crippen LogP contribution in [0.1, 0.15) is 45.9 Å². The summed E-state index contributed by atoms with van der Waals surface area (Å²) in [6.07, 6.45) is 3.17.